The summed E-state index contributed by atoms with van der Waals surface area (Å²) in [4.78, 5) is 4.64. The van der Waals surface area contributed by atoms with Crippen LogP contribution < -0.4 is 10.8 Å². The summed E-state index contributed by atoms with van der Waals surface area (Å²) >= 11 is 6.04. The van der Waals surface area contributed by atoms with Gasteiger partial charge in [-0.05, 0) is 61.5 Å². The van der Waals surface area contributed by atoms with E-state index in [1.165, 1.54) is 0 Å². The molecule has 0 aliphatic carbocycles. The lowest BCUT2D eigenvalue weighted by Crippen LogP contribution is -2.08. The molecule has 5 aromatic rings. The number of anilines is 1. The molecule has 0 spiro atoms. The number of rotatable bonds is 3. The highest BCUT2D eigenvalue weighted by molar-refractivity contribution is 6.30. The summed E-state index contributed by atoms with van der Waals surface area (Å²) in [5.41, 5.74) is 6.86. The van der Waals surface area contributed by atoms with Gasteiger partial charge in [-0.15, -0.1) is 0 Å². The van der Waals surface area contributed by atoms with Gasteiger partial charge in [-0.3, -0.25) is 5.43 Å². The summed E-state index contributed by atoms with van der Waals surface area (Å²) in [6, 6.07) is 27.5. The lowest BCUT2D eigenvalue weighted by molar-refractivity contribution is 0.618. The minimum absolute atomic E-state index is 0.684. The zero-order valence-corrected chi connectivity index (χ0v) is 17.0. The largest absolute Gasteiger partial charge is 0.456 e. The molecule has 0 radical (unpaired) electrons. The standard InChI is InChI=1S/C25H18ClN3O/c1-16-6-12-23-20(14-16)22(15-24(30-23)18-7-10-19(26)11-8-18)28-29-25-13-9-17-4-2-3-5-21(17)27-25/h2-15H,1H3,(H,27,29)/b28-22+. The lowest BCUT2D eigenvalue weighted by atomic mass is 10.1. The van der Waals surface area contributed by atoms with Crippen LogP contribution in [0.4, 0.5) is 5.82 Å². The average Bonchev–Trinajstić information content (AvgIpc) is 2.78. The summed E-state index contributed by atoms with van der Waals surface area (Å²) in [6.45, 7) is 2.05. The van der Waals surface area contributed by atoms with Gasteiger partial charge < -0.3 is 4.42 Å². The predicted molar refractivity (Wildman–Crippen MR) is 122 cm³/mol. The van der Waals surface area contributed by atoms with E-state index in [0.717, 1.165) is 44.1 Å². The van der Waals surface area contributed by atoms with Crippen LogP contribution in [-0.4, -0.2) is 4.98 Å². The molecule has 3 aromatic carbocycles. The van der Waals surface area contributed by atoms with E-state index in [-0.39, 0.29) is 0 Å². The van der Waals surface area contributed by atoms with Crippen LogP contribution in [0.25, 0.3) is 33.2 Å². The van der Waals surface area contributed by atoms with Gasteiger partial charge in [0.15, 0.2) is 0 Å². The van der Waals surface area contributed by atoms with Crippen LogP contribution in [0.3, 0.4) is 0 Å². The smallest absolute Gasteiger partial charge is 0.146 e. The molecule has 0 aliphatic rings. The Balaban J connectivity index is 1.63. The van der Waals surface area contributed by atoms with E-state index < -0.39 is 0 Å². The first kappa shape index (κ1) is 18.4. The van der Waals surface area contributed by atoms with Crippen molar-refractivity contribution in [2.75, 3.05) is 5.43 Å². The second-order valence-electron chi connectivity index (χ2n) is 7.12. The van der Waals surface area contributed by atoms with Crippen molar-refractivity contribution >= 4 is 39.3 Å². The Bertz CT molecular complexity index is 1440. The second kappa shape index (κ2) is 7.65. The molecule has 0 saturated heterocycles. The van der Waals surface area contributed by atoms with Gasteiger partial charge in [-0.25, -0.2) is 4.98 Å². The Morgan fingerprint density at radius 3 is 2.60 bits per heavy atom. The predicted octanol–water partition coefficient (Wildman–Crippen LogP) is 6.54. The molecule has 0 fully saturated rings. The maximum absolute atomic E-state index is 6.15. The fourth-order valence-corrected chi connectivity index (χ4v) is 3.50. The SMILES string of the molecule is Cc1ccc2oc(-c3ccc(Cl)cc3)c/c(=N\Nc3ccc4ccccc4n3)c2c1. The number of fused-ring (bicyclic) bond motifs is 2. The fourth-order valence-electron chi connectivity index (χ4n) is 3.38. The van der Waals surface area contributed by atoms with Gasteiger partial charge in [-0.1, -0.05) is 41.4 Å². The molecule has 2 aromatic heterocycles. The van der Waals surface area contributed by atoms with Gasteiger partial charge in [0.1, 0.15) is 17.2 Å². The van der Waals surface area contributed by atoms with Gasteiger partial charge in [-0.2, -0.15) is 5.10 Å². The maximum atomic E-state index is 6.15. The van der Waals surface area contributed by atoms with Crippen LogP contribution in [0, 0.1) is 6.92 Å². The molecular weight excluding hydrogens is 394 g/mol. The van der Waals surface area contributed by atoms with Gasteiger partial charge in [0.05, 0.1) is 10.9 Å². The third-order valence-corrected chi connectivity index (χ3v) is 5.17. The summed E-state index contributed by atoms with van der Waals surface area (Å²) in [5, 5.41) is 8.14. The molecule has 5 heteroatoms. The van der Waals surface area contributed by atoms with Crippen LogP contribution in [0.5, 0.6) is 0 Å². The number of para-hydroxylation sites is 1. The number of hydrogen-bond donors (Lipinski definition) is 1. The first-order valence-electron chi connectivity index (χ1n) is 9.62. The number of nitrogens with zero attached hydrogens (tertiary/aromatic N) is 2. The fraction of sp³-hybridized carbons (Fsp3) is 0.0400. The number of halogens is 1. The number of aromatic nitrogens is 1. The number of aryl methyl sites for hydroxylation is 1. The highest BCUT2D eigenvalue weighted by atomic mass is 35.5. The first-order valence-corrected chi connectivity index (χ1v) is 9.99. The maximum Gasteiger partial charge on any atom is 0.146 e. The van der Waals surface area contributed by atoms with Crippen LogP contribution in [0.2, 0.25) is 5.02 Å². The van der Waals surface area contributed by atoms with Crippen LogP contribution in [-0.2, 0) is 0 Å². The number of hydrogen-bond acceptors (Lipinski definition) is 4. The van der Waals surface area contributed by atoms with Crippen LogP contribution in [0.15, 0.2) is 94.4 Å². The van der Waals surface area contributed by atoms with Gasteiger partial charge in [0.2, 0.25) is 0 Å². The molecule has 2 heterocycles. The molecule has 5 rings (SSSR count). The van der Waals surface area contributed by atoms with E-state index in [9.17, 15) is 0 Å². The summed E-state index contributed by atoms with van der Waals surface area (Å²) in [5.74, 6) is 1.40. The molecule has 1 N–H and O–H groups in total. The van der Waals surface area contributed by atoms with Crippen molar-refractivity contribution in [1.29, 1.82) is 0 Å². The quantitative estimate of drug-likeness (QED) is 0.343. The summed E-state index contributed by atoms with van der Waals surface area (Å²) in [7, 11) is 0. The molecule has 146 valence electrons. The Morgan fingerprint density at radius 2 is 1.73 bits per heavy atom. The molecule has 30 heavy (non-hydrogen) atoms. The highest BCUT2D eigenvalue weighted by Crippen LogP contribution is 2.24. The summed E-state index contributed by atoms with van der Waals surface area (Å²) in [6.07, 6.45) is 0. The third-order valence-electron chi connectivity index (χ3n) is 4.92. The molecule has 0 atom stereocenters. The number of nitrogens with one attached hydrogen (secondary N) is 1. The van der Waals surface area contributed by atoms with Crippen molar-refractivity contribution in [3.8, 4) is 11.3 Å². The highest BCUT2D eigenvalue weighted by Gasteiger charge is 2.07. The molecule has 0 bridgehead atoms. The van der Waals surface area contributed by atoms with Crippen molar-refractivity contribution < 1.29 is 4.42 Å². The van der Waals surface area contributed by atoms with Crippen molar-refractivity contribution in [2.45, 2.75) is 6.92 Å². The van der Waals surface area contributed by atoms with E-state index in [1.807, 2.05) is 78.9 Å². The average molecular weight is 412 g/mol. The molecule has 0 aliphatic heterocycles. The summed E-state index contributed by atoms with van der Waals surface area (Å²) < 4.78 is 6.15. The van der Waals surface area contributed by atoms with Gasteiger partial charge in [0.25, 0.3) is 0 Å². The van der Waals surface area contributed by atoms with Crippen LogP contribution >= 0.6 is 11.6 Å². The zero-order chi connectivity index (χ0) is 20.5. The molecule has 0 amide bonds. The minimum atomic E-state index is 0.684. The number of pyridine rings is 1. The van der Waals surface area contributed by atoms with Crippen molar-refractivity contribution in [3.63, 3.8) is 0 Å². The first-order chi connectivity index (χ1) is 14.7. The van der Waals surface area contributed by atoms with E-state index in [2.05, 4.69) is 28.5 Å². The Labute approximate surface area is 178 Å². The van der Waals surface area contributed by atoms with Crippen LogP contribution in [0.1, 0.15) is 5.56 Å². The Kier molecular flexibility index (Phi) is 4.69. The van der Waals surface area contributed by atoms with E-state index in [0.29, 0.717) is 10.8 Å². The molecular formula is C25H18ClN3O. The normalized spacial score (nSPS) is 11.9. The van der Waals surface area contributed by atoms with E-state index >= 15 is 0 Å². The van der Waals surface area contributed by atoms with Crippen molar-refractivity contribution in [1.82, 2.24) is 4.98 Å². The van der Waals surface area contributed by atoms with E-state index in [1.54, 1.807) is 0 Å². The molecule has 0 unspecified atom stereocenters. The van der Waals surface area contributed by atoms with Gasteiger partial charge >= 0.3 is 0 Å². The lowest BCUT2D eigenvalue weighted by Gasteiger charge is -2.07. The second-order valence-corrected chi connectivity index (χ2v) is 7.55. The Morgan fingerprint density at radius 1 is 0.900 bits per heavy atom. The zero-order valence-electron chi connectivity index (χ0n) is 16.3. The number of benzene rings is 3. The monoisotopic (exact) mass is 411 g/mol. The van der Waals surface area contributed by atoms with Crippen molar-refractivity contribution in [2.24, 2.45) is 5.10 Å². The molecule has 4 nitrogen and oxygen atoms in total. The third kappa shape index (κ3) is 3.65. The topological polar surface area (TPSA) is 50.4 Å². The van der Waals surface area contributed by atoms with Crippen molar-refractivity contribution in [3.05, 3.63) is 101 Å². The minimum Gasteiger partial charge on any atom is -0.456 e. The Hall–Kier alpha value is -3.63. The van der Waals surface area contributed by atoms with E-state index in [4.69, 9.17) is 16.0 Å². The molecule has 0 saturated carbocycles. The van der Waals surface area contributed by atoms with Gasteiger partial charge in [0, 0.05) is 27.4 Å².